The molecule has 32 heavy (non-hydrogen) atoms. The zero-order valence-corrected chi connectivity index (χ0v) is 18.6. The van der Waals surface area contributed by atoms with Crippen molar-refractivity contribution in [3.63, 3.8) is 0 Å². The number of fused-ring (bicyclic) bond motifs is 2. The molecule has 0 saturated carbocycles. The largest absolute Gasteiger partial charge is 0.456 e. The van der Waals surface area contributed by atoms with Gasteiger partial charge in [-0.2, -0.15) is 0 Å². The molecule has 0 bridgehead atoms. The van der Waals surface area contributed by atoms with E-state index in [4.69, 9.17) is 33.7 Å². The molecule has 5 N–H and O–H groups in total. The van der Waals surface area contributed by atoms with Gasteiger partial charge in [0.1, 0.15) is 17.1 Å². The number of anilines is 2. The van der Waals surface area contributed by atoms with Crippen LogP contribution in [-0.4, -0.2) is 31.4 Å². The Bertz CT molecular complexity index is 1220. The third-order valence-electron chi connectivity index (χ3n) is 5.54. The number of aliphatic hydroxyl groups is 1. The fraction of sp³-hybridized carbons (Fsp3) is 0.130. The first-order chi connectivity index (χ1) is 15.3. The van der Waals surface area contributed by atoms with Crippen LogP contribution in [0, 0.1) is 0 Å². The molecule has 9 heteroatoms. The van der Waals surface area contributed by atoms with E-state index in [2.05, 4.69) is 10.6 Å². The molecule has 0 aromatic heterocycles. The fourth-order valence-corrected chi connectivity index (χ4v) is 4.59. The number of halogens is 2. The minimum Gasteiger partial charge on any atom is -0.456 e. The Morgan fingerprint density at radius 2 is 1.56 bits per heavy atom. The van der Waals surface area contributed by atoms with Crippen LogP contribution in [0.15, 0.2) is 42.5 Å². The van der Waals surface area contributed by atoms with Crippen molar-refractivity contribution in [2.75, 3.05) is 24.7 Å². The molecule has 4 rings (SSSR count). The SMILES string of the molecule is CNc1ccc2c(c1)Oc1cc(NC)ccc1C2(O)c1c(Cl)cc(C(N)=O)c(Cl)c1C=O. The summed E-state index contributed by atoms with van der Waals surface area (Å²) in [7, 11) is 3.51. The molecule has 1 aliphatic rings. The lowest BCUT2D eigenvalue weighted by molar-refractivity contribution is 0.0997. The number of carbonyl (C=O) groups is 2. The summed E-state index contributed by atoms with van der Waals surface area (Å²) >= 11 is 12.9. The highest BCUT2D eigenvalue weighted by Gasteiger charge is 2.46. The van der Waals surface area contributed by atoms with Crippen molar-refractivity contribution in [1.82, 2.24) is 0 Å². The highest BCUT2D eigenvalue weighted by Crippen LogP contribution is 2.54. The predicted molar refractivity (Wildman–Crippen MR) is 125 cm³/mol. The average Bonchev–Trinajstić information content (AvgIpc) is 2.78. The van der Waals surface area contributed by atoms with Gasteiger partial charge in [-0.1, -0.05) is 23.2 Å². The summed E-state index contributed by atoms with van der Waals surface area (Å²) in [6, 6.07) is 11.6. The van der Waals surface area contributed by atoms with Gasteiger partial charge >= 0.3 is 0 Å². The van der Waals surface area contributed by atoms with E-state index in [0.717, 1.165) is 11.4 Å². The van der Waals surface area contributed by atoms with Crippen LogP contribution in [0.25, 0.3) is 0 Å². The van der Waals surface area contributed by atoms with Gasteiger partial charge in [0.25, 0.3) is 0 Å². The Morgan fingerprint density at radius 1 is 1.03 bits per heavy atom. The van der Waals surface area contributed by atoms with Crippen LogP contribution in [0.4, 0.5) is 11.4 Å². The minimum atomic E-state index is -1.91. The lowest BCUT2D eigenvalue weighted by atomic mass is 9.76. The molecule has 164 valence electrons. The van der Waals surface area contributed by atoms with Crippen molar-refractivity contribution in [2.24, 2.45) is 5.73 Å². The Kier molecular flexibility index (Phi) is 5.50. The van der Waals surface area contributed by atoms with Crippen molar-refractivity contribution in [2.45, 2.75) is 5.60 Å². The van der Waals surface area contributed by atoms with E-state index in [-0.39, 0.29) is 26.7 Å². The molecule has 3 aromatic rings. The molecule has 0 spiro atoms. The molecular formula is C23H19Cl2N3O4. The van der Waals surface area contributed by atoms with Gasteiger partial charge in [-0.05, 0) is 30.3 Å². The molecule has 0 fully saturated rings. The second-order valence-corrected chi connectivity index (χ2v) is 8.01. The average molecular weight is 472 g/mol. The van der Waals surface area contributed by atoms with E-state index >= 15 is 0 Å². The Morgan fingerprint density at radius 3 is 2.00 bits per heavy atom. The van der Waals surface area contributed by atoms with Crippen LogP contribution in [0.2, 0.25) is 10.0 Å². The number of rotatable bonds is 5. The summed E-state index contributed by atoms with van der Waals surface area (Å²) in [5.74, 6) is -0.116. The number of carbonyl (C=O) groups excluding carboxylic acids is 2. The third kappa shape index (κ3) is 3.17. The van der Waals surface area contributed by atoms with Crippen molar-refractivity contribution in [3.8, 4) is 11.5 Å². The maximum Gasteiger partial charge on any atom is 0.250 e. The number of primary amides is 1. The molecule has 1 heterocycles. The van der Waals surface area contributed by atoms with Crippen LogP contribution >= 0.6 is 23.2 Å². The van der Waals surface area contributed by atoms with E-state index in [9.17, 15) is 14.7 Å². The number of hydrogen-bond acceptors (Lipinski definition) is 6. The molecular weight excluding hydrogens is 453 g/mol. The summed E-state index contributed by atoms with van der Waals surface area (Å²) in [5.41, 5.74) is 5.48. The Hall–Kier alpha value is -3.26. The van der Waals surface area contributed by atoms with E-state index in [0.29, 0.717) is 28.9 Å². The monoisotopic (exact) mass is 471 g/mol. The zero-order chi connectivity index (χ0) is 23.2. The maximum atomic E-state index is 12.3. The number of amides is 1. The van der Waals surface area contributed by atoms with Crippen molar-refractivity contribution in [1.29, 1.82) is 0 Å². The van der Waals surface area contributed by atoms with Gasteiger partial charge in [0, 0.05) is 64.9 Å². The third-order valence-corrected chi connectivity index (χ3v) is 6.24. The smallest absolute Gasteiger partial charge is 0.250 e. The number of benzene rings is 3. The second-order valence-electron chi connectivity index (χ2n) is 7.23. The van der Waals surface area contributed by atoms with Gasteiger partial charge in [0.15, 0.2) is 6.29 Å². The maximum absolute atomic E-state index is 12.3. The van der Waals surface area contributed by atoms with Crippen LogP contribution in [0.3, 0.4) is 0 Å². The lowest BCUT2D eigenvalue weighted by Crippen LogP contribution is -2.34. The van der Waals surface area contributed by atoms with E-state index in [1.807, 2.05) is 0 Å². The summed E-state index contributed by atoms with van der Waals surface area (Å²) < 4.78 is 6.11. The van der Waals surface area contributed by atoms with Crippen LogP contribution in [-0.2, 0) is 5.60 Å². The van der Waals surface area contributed by atoms with Gasteiger partial charge in [-0.3, -0.25) is 9.59 Å². The molecule has 1 aliphatic heterocycles. The number of nitrogens with one attached hydrogen (secondary N) is 2. The van der Waals surface area contributed by atoms with Crippen molar-refractivity contribution >= 4 is 46.8 Å². The molecule has 0 aliphatic carbocycles. The topological polar surface area (TPSA) is 114 Å². The minimum absolute atomic E-state index is 0.0318. The first-order valence-electron chi connectivity index (χ1n) is 9.58. The quantitative estimate of drug-likeness (QED) is 0.410. The predicted octanol–water partition coefficient (Wildman–Crippen LogP) is 4.38. The Balaban J connectivity index is 2.12. The number of ether oxygens (including phenoxy) is 1. The number of aldehydes is 1. The second kappa shape index (κ2) is 8.02. The molecule has 0 saturated heterocycles. The van der Waals surface area contributed by atoms with Crippen molar-refractivity contribution in [3.05, 3.63) is 80.3 Å². The van der Waals surface area contributed by atoms with Crippen molar-refractivity contribution < 1.29 is 19.4 Å². The van der Waals surface area contributed by atoms with Gasteiger partial charge in [0.2, 0.25) is 5.91 Å². The van der Waals surface area contributed by atoms with Crippen LogP contribution in [0.5, 0.6) is 11.5 Å². The van der Waals surface area contributed by atoms with Gasteiger partial charge in [-0.15, -0.1) is 0 Å². The summed E-state index contributed by atoms with van der Waals surface area (Å²) in [5, 5.41) is 18.1. The number of nitrogens with two attached hydrogens (primary N) is 1. The Labute approximate surface area is 194 Å². The van der Waals surface area contributed by atoms with Crippen LogP contribution in [0.1, 0.15) is 37.4 Å². The standard InChI is InChI=1S/C23H19Cl2N3O4/c1-27-11-3-5-15-18(7-11)32-19-8-12(28-2)4-6-16(19)23(15,31)20-14(10-29)21(25)13(22(26)30)9-17(20)24/h3-10,27-28,31H,1-2H3,(H2,26,30). The summed E-state index contributed by atoms with van der Waals surface area (Å²) in [4.78, 5) is 23.9. The van der Waals surface area contributed by atoms with Gasteiger partial charge < -0.3 is 26.2 Å². The number of hydrogen-bond donors (Lipinski definition) is 4. The molecule has 1 amide bonds. The van der Waals surface area contributed by atoms with Gasteiger partial charge in [0.05, 0.1) is 10.6 Å². The van der Waals surface area contributed by atoms with Gasteiger partial charge in [-0.25, -0.2) is 0 Å². The zero-order valence-electron chi connectivity index (χ0n) is 17.1. The molecule has 0 unspecified atom stereocenters. The van der Waals surface area contributed by atoms with Crippen LogP contribution < -0.4 is 21.1 Å². The summed E-state index contributed by atoms with van der Waals surface area (Å²) in [6.07, 6.45) is 0.451. The highest BCUT2D eigenvalue weighted by molar-refractivity contribution is 6.38. The summed E-state index contributed by atoms with van der Waals surface area (Å²) in [6.45, 7) is 0. The highest BCUT2D eigenvalue weighted by atomic mass is 35.5. The molecule has 3 aromatic carbocycles. The van der Waals surface area contributed by atoms with E-state index < -0.39 is 11.5 Å². The normalized spacial score (nSPS) is 13.4. The first-order valence-corrected chi connectivity index (χ1v) is 10.3. The molecule has 0 atom stereocenters. The molecule has 0 radical (unpaired) electrons. The van der Waals surface area contributed by atoms with E-state index in [1.165, 1.54) is 6.07 Å². The molecule has 7 nitrogen and oxygen atoms in total. The lowest BCUT2D eigenvalue weighted by Gasteiger charge is -2.38. The van der Waals surface area contributed by atoms with E-state index in [1.54, 1.807) is 50.5 Å². The fourth-order valence-electron chi connectivity index (χ4n) is 3.96. The first kappa shape index (κ1) is 22.0.